The number of ether oxygens (including phenoxy) is 1. The van der Waals surface area contributed by atoms with Crippen LogP contribution in [0.5, 0.6) is 5.88 Å². The highest BCUT2D eigenvalue weighted by atomic mass is 16.5. The van der Waals surface area contributed by atoms with Crippen LogP contribution in [0.2, 0.25) is 0 Å². The second-order valence-electron chi connectivity index (χ2n) is 4.64. The van der Waals surface area contributed by atoms with E-state index in [4.69, 9.17) is 9.84 Å². The Morgan fingerprint density at radius 1 is 1.27 bits per heavy atom. The molecule has 0 aliphatic rings. The maximum absolute atomic E-state index is 11.7. The summed E-state index contributed by atoms with van der Waals surface area (Å²) in [6, 6.07) is 8.57. The topological polar surface area (TPSA) is 101 Å². The van der Waals surface area contributed by atoms with Crippen LogP contribution in [0.15, 0.2) is 30.3 Å². The fourth-order valence-electron chi connectivity index (χ4n) is 1.92. The number of carboxylic acid groups (broad SMARTS) is 1. The molecule has 0 saturated heterocycles. The van der Waals surface area contributed by atoms with E-state index in [0.29, 0.717) is 24.5 Å². The number of pyridine rings is 1. The van der Waals surface area contributed by atoms with Crippen molar-refractivity contribution < 1.29 is 19.4 Å². The lowest BCUT2D eigenvalue weighted by atomic mass is 10.2. The largest absolute Gasteiger partial charge is 0.481 e. The van der Waals surface area contributed by atoms with Gasteiger partial charge in [-0.15, -0.1) is 0 Å². The molecule has 0 saturated carbocycles. The first-order chi connectivity index (χ1) is 10.6. The minimum atomic E-state index is -0.875. The van der Waals surface area contributed by atoms with Crippen molar-refractivity contribution in [1.82, 2.24) is 10.3 Å². The molecule has 1 aromatic carbocycles. The van der Waals surface area contributed by atoms with Gasteiger partial charge in [0, 0.05) is 30.1 Å². The number of nitrogens with zero attached hydrogens (tertiary/aromatic N) is 1. The average Bonchev–Trinajstić information content (AvgIpc) is 2.51. The molecular formula is C15H17N3O4. The highest BCUT2D eigenvalue weighted by Gasteiger charge is 2.04. The third kappa shape index (κ3) is 4.34. The number of benzene rings is 1. The number of methoxy groups -OCH3 is 1. The lowest BCUT2D eigenvalue weighted by Gasteiger charge is -2.08. The monoisotopic (exact) mass is 303 g/mol. The van der Waals surface area contributed by atoms with E-state index in [1.807, 2.05) is 6.07 Å². The van der Waals surface area contributed by atoms with Gasteiger partial charge in [0.15, 0.2) is 0 Å². The Kier molecular flexibility index (Phi) is 5.13. The Morgan fingerprint density at radius 3 is 2.82 bits per heavy atom. The number of urea groups is 1. The molecule has 0 spiro atoms. The molecule has 116 valence electrons. The number of fused-ring (bicyclic) bond motifs is 1. The van der Waals surface area contributed by atoms with Gasteiger partial charge in [-0.2, -0.15) is 0 Å². The number of hydrogen-bond donors (Lipinski definition) is 3. The summed E-state index contributed by atoms with van der Waals surface area (Å²) in [6.45, 7) is 0.310. The van der Waals surface area contributed by atoms with Crippen LogP contribution in [0.3, 0.4) is 0 Å². The summed E-state index contributed by atoms with van der Waals surface area (Å²) in [4.78, 5) is 26.3. The molecule has 1 heterocycles. The minimum Gasteiger partial charge on any atom is -0.481 e. The van der Waals surface area contributed by atoms with E-state index >= 15 is 0 Å². The number of aliphatic carboxylic acids is 1. The lowest BCUT2D eigenvalue weighted by molar-refractivity contribution is -0.137. The van der Waals surface area contributed by atoms with Crippen LogP contribution in [0.4, 0.5) is 10.5 Å². The predicted molar refractivity (Wildman–Crippen MR) is 82.2 cm³/mol. The van der Waals surface area contributed by atoms with Crippen molar-refractivity contribution in [2.24, 2.45) is 0 Å². The molecule has 0 aliphatic carbocycles. The molecule has 22 heavy (non-hydrogen) atoms. The minimum absolute atomic E-state index is 0.0315. The van der Waals surface area contributed by atoms with Gasteiger partial charge >= 0.3 is 12.0 Å². The van der Waals surface area contributed by atoms with Crippen LogP contribution in [-0.4, -0.2) is 35.7 Å². The molecule has 0 fully saturated rings. The van der Waals surface area contributed by atoms with Crippen molar-refractivity contribution in [1.29, 1.82) is 0 Å². The van der Waals surface area contributed by atoms with Crippen LogP contribution in [0.1, 0.15) is 12.8 Å². The van der Waals surface area contributed by atoms with Gasteiger partial charge in [-0.05, 0) is 30.7 Å². The molecule has 0 bridgehead atoms. The van der Waals surface area contributed by atoms with Gasteiger partial charge in [-0.1, -0.05) is 0 Å². The summed E-state index contributed by atoms with van der Waals surface area (Å²) in [5.41, 5.74) is 1.40. The Bertz CT molecular complexity index is 688. The molecule has 0 unspecified atom stereocenters. The fraction of sp³-hybridized carbons (Fsp3) is 0.267. The Hall–Kier alpha value is -2.83. The number of aromatic nitrogens is 1. The highest BCUT2D eigenvalue weighted by molar-refractivity contribution is 5.92. The standard InChI is InChI=1S/C15H17N3O4/c1-22-13-7-4-10-9-11(5-6-12(10)18-13)17-15(21)16-8-2-3-14(19)20/h4-7,9H,2-3,8H2,1H3,(H,19,20)(H2,16,17,21). The first-order valence-electron chi connectivity index (χ1n) is 6.80. The molecule has 2 rings (SSSR count). The van der Waals surface area contributed by atoms with Gasteiger partial charge < -0.3 is 20.5 Å². The molecule has 0 atom stereocenters. The maximum Gasteiger partial charge on any atom is 0.319 e. The molecule has 2 amide bonds. The van der Waals surface area contributed by atoms with Crippen molar-refractivity contribution in [2.45, 2.75) is 12.8 Å². The third-order valence-corrected chi connectivity index (χ3v) is 2.98. The van der Waals surface area contributed by atoms with Crippen LogP contribution < -0.4 is 15.4 Å². The average molecular weight is 303 g/mol. The van der Waals surface area contributed by atoms with Crippen LogP contribution in [0.25, 0.3) is 10.9 Å². The van der Waals surface area contributed by atoms with Gasteiger partial charge in [-0.3, -0.25) is 4.79 Å². The highest BCUT2D eigenvalue weighted by Crippen LogP contribution is 2.20. The number of amides is 2. The van der Waals surface area contributed by atoms with Crippen molar-refractivity contribution in [3.63, 3.8) is 0 Å². The van der Waals surface area contributed by atoms with E-state index < -0.39 is 5.97 Å². The molecule has 1 aromatic heterocycles. The molecule has 2 aromatic rings. The van der Waals surface area contributed by atoms with Crippen LogP contribution in [-0.2, 0) is 4.79 Å². The molecule has 0 aliphatic heterocycles. The van der Waals surface area contributed by atoms with E-state index in [0.717, 1.165) is 10.9 Å². The number of hydrogen-bond acceptors (Lipinski definition) is 4. The summed E-state index contributed by atoms with van der Waals surface area (Å²) in [7, 11) is 1.55. The smallest absolute Gasteiger partial charge is 0.319 e. The zero-order valence-corrected chi connectivity index (χ0v) is 12.1. The second kappa shape index (κ2) is 7.26. The first kappa shape index (κ1) is 15.6. The van der Waals surface area contributed by atoms with E-state index in [-0.39, 0.29) is 12.5 Å². The molecule has 7 heteroatoms. The summed E-state index contributed by atoms with van der Waals surface area (Å²) in [5.74, 6) is -0.343. The number of carbonyl (C=O) groups is 2. The molecule has 3 N–H and O–H groups in total. The number of nitrogens with one attached hydrogen (secondary N) is 2. The number of rotatable bonds is 6. The Labute approximate surface area is 127 Å². The third-order valence-electron chi connectivity index (χ3n) is 2.98. The normalized spacial score (nSPS) is 10.2. The number of anilines is 1. The van der Waals surface area contributed by atoms with Crippen molar-refractivity contribution in [3.05, 3.63) is 30.3 Å². The summed E-state index contributed by atoms with van der Waals surface area (Å²) in [6.07, 6.45) is 0.425. The Morgan fingerprint density at radius 2 is 2.09 bits per heavy atom. The van der Waals surface area contributed by atoms with Crippen LogP contribution >= 0.6 is 0 Å². The summed E-state index contributed by atoms with van der Waals surface area (Å²) < 4.78 is 5.06. The van der Waals surface area contributed by atoms with E-state index in [2.05, 4.69) is 15.6 Å². The second-order valence-corrected chi connectivity index (χ2v) is 4.64. The number of carbonyl (C=O) groups excluding carboxylic acids is 1. The molecule has 0 radical (unpaired) electrons. The van der Waals surface area contributed by atoms with Gasteiger partial charge in [0.25, 0.3) is 0 Å². The van der Waals surface area contributed by atoms with Crippen LogP contribution in [0, 0.1) is 0 Å². The van der Waals surface area contributed by atoms with Crippen molar-refractivity contribution >= 4 is 28.6 Å². The van der Waals surface area contributed by atoms with Crippen molar-refractivity contribution in [3.8, 4) is 5.88 Å². The molecular weight excluding hydrogens is 286 g/mol. The lowest BCUT2D eigenvalue weighted by Crippen LogP contribution is -2.29. The van der Waals surface area contributed by atoms with Gasteiger partial charge in [0.2, 0.25) is 5.88 Å². The van der Waals surface area contributed by atoms with Gasteiger partial charge in [0.05, 0.1) is 12.6 Å². The van der Waals surface area contributed by atoms with E-state index in [9.17, 15) is 9.59 Å². The Balaban J connectivity index is 1.93. The summed E-state index contributed by atoms with van der Waals surface area (Å²) in [5, 5.41) is 14.7. The fourth-order valence-corrected chi connectivity index (χ4v) is 1.92. The zero-order chi connectivity index (χ0) is 15.9. The quantitative estimate of drug-likeness (QED) is 0.710. The van der Waals surface area contributed by atoms with Gasteiger partial charge in [-0.25, -0.2) is 9.78 Å². The zero-order valence-electron chi connectivity index (χ0n) is 12.1. The van der Waals surface area contributed by atoms with E-state index in [1.165, 1.54) is 0 Å². The van der Waals surface area contributed by atoms with Gasteiger partial charge in [0.1, 0.15) is 0 Å². The van der Waals surface area contributed by atoms with E-state index in [1.54, 1.807) is 31.4 Å². The maximum atomic E-state index is 11.7. The number of carboxylic acids is 1. The first-order valence-corrected chi connectivity index (χ1v) is 6.80. The SMILES string of the molecule is COc1ccc2cc(NC(=O)NCCCC(=O)O)ccc2n1. The van der Waals surface area contributed by atoms with Crippen molar-refractivity contribution in [2.75, 3.05) is 19.0 Å². The summed E-state index contributed by atoms with van der Waals surface area (Å²) >= 11 is 0. The molecule has 7 nitrogen and oxygen atoms in total. The predicted octanol–water partition coefficient (Wildman–Crippen LogP) is 2.23.